The van der Waals surface area contributed by atoms with Gasteiger partial charge in [-0.15, -0.1) is 10.2 Å². The number of aromatic carboxylic acids is 1. The van der Waals surface area contributed by atoms with Gasteiger partial charge in [0.25, 0.3) is 0 Å². The highest BCUT2D eigenvalue weighted by atomic mass is 16.4. The van der Waals surface area contributed by atoms with Gasteiger partial charge < -0.3 is 9.52 Å². The number of rotatable bonds is 4. The SMILES string of the molecule is O=C(O)c1ccc(-c2nnc(-c3cccc(C#CCc4ccccc4)c3)o2)cc1. The lowest BCUT2D eigenvalue weighted by Gasteiger charge is -1.98. The van der Waals surface area contributed by atoms with Gasteiger partial charge >= 0.3 is 5.97 Å². The summed E-state index contributed by atoms with van der Waals surface area (Å²) in [6.07, 6.45) is 0.683. The van der Waals surface area contributed by atoms with E-state index in [-0.39, 0.29) is 5.56 Å². The Morgan fingerprint density at radius 1 is 0.862 bits per heavy atom. The largest absolute Gasteiger partial charge is 0.478 e. The molecule has 3 aromatic carbocycles. The molecule has 0 bridgehead atoms. The minimum Gasteiger partial charge on any atom is -0.478 e. The quantitative estimate of drug-likeness (QED) is 0.520. The van der Waals surface area contributed by atoms with Crippen molar-refractivity contribution in [2.45, 2.75) is 6.42 Å². The lowest BCUT2D eigenvalue weighted by molar-refractivity contribution is 0.0697. The summed E-state index contributed by atoms with van der Waals surface area (Å²) < 4.78 is 5.77. The molecular formula is C24H16N2O3. The average molecular weight is 380 g/mol. The molecule has 29 heavy (non-hydrogen) atoms. The Balaban J connectivity index is 1.52. The molecule has 5 heteroatoms. The Kier molecular flexibility index (Phi) is 5.17. The number of benzene rings is 3. The summed E-state index contributed by atoms with van der Waals surface area (Å²) in [4.78, 5) is 11.0. The molecule has 0 aliphatic heterocycles. The Bertz CT molecular complexity index is 1200. The van der Waals surface area contributed by atoms with Crippen molar-refractivity contribution in [3.63, 3.8) is 0 Å². The van der Waals surface area contributed by atoms with E-state index in [0.29, 0.717) is 23.8 Å². The van der Waals surface area contributed by atoms with Crippen LogP contribution in [0.4, 0.5) is 0 Å². The highest BCUT2D eigenvalue weighted by Gasteiger charge is 2.11. The zero-order valence-corrected chi connectivity index (χ0v) is 15.4. The molecule has 4 aromatic rings. The van der Waals surface area contributed by atoms with Gasteiger partial charge in [-0.1, -0.05) is 48.2 Å². The van der Waals surface area contributed by atoms with E-state index >= 15 is 0 Å². The van der Waals surface area contributed by atoms with Crippen molar-refractivity contribution in [2.24, 2.45) is 0 Å². The molecular weight excluding hydrogens is 364 g/mol. The summed E-state index contributed by atoms with van der Waals surface area (Å²) in [6.45, 7) is 0. The molecule has 0 saturated heterocycles. The van der Waals surface area contributed by atoms with Crippen LogP contribution < -0.4 is 0 Å². The summed E-state index contributed by atoms with van der Waals surface area (Å²) in [5.41, 5.74) is 3.68. The second-order valence-electron chi connectivity index (χ2n) is 6.34. The Morgan fingerprint density at radius 3 is 2.31 bits per heavy atom. The highest BCUT2D eigenvalue weighted by molar-refractivity contribution is 5.88. The molecule has 0 amide bonds. The molecule has 140 valence electrons. The fourth-order valence-corrected chi connectivity index (χ4v) is 2.79. The maximum atomic E-state index is 11.0. The lowest BCUT2D eigenvalue weighted by Crippen LogP contribution is -1.94. The fourth-order valence-electron chi connectivity index (χ4n) is 2.79. The number of hydrogen-bond acceptors (Lipinski definition) is 4. The maximum Gasteiger partial charge on any atom is 0.335 e. The molecule has 0 atom stereocenters. The first-order chi connectivity index (χ1) is 14.2. The topological polar surface area (TPSA) is 76.2 Å². The molecule has 0 radical (unpaired) electrons. The monoisotopic (exact) mass is 380 g/mol. The van der Waals surface area contributed by atoms with E-state index in [1.54, 1.807) is 12.1 Å². The molecule has 0 aliphatic rings. The van der Waals surface area contributed by atoms with E-state index in [1.165, 1.54) is 17.7 Å². The van der Waals surface area contributed by atoms with Crippen LogP contribution in [0.3, 0.4) is 0 Å². The van der Waals surface area contributed by atoms with E-state index in [1.807, 2.05) is 54.6 Å². The Labute approximate surface area is 167 Å². The molecule has 0 fully saturated rings. The van der Waals surface area contributed by atoms with Gasteiger partial charge in [0.05, 0.1) is 5.56 Å². The third kappa shape index (κ3) is 4.40. The van der Waals surface area contributed by atoms with E-state index in [4.69, 9.17) is 9.52 Å². The van der Waals surface area contributed by atoms with E-state index in [0.717, 1.165) is 11.1 Å². The van der Waals surface area contributed by atoms with Crippen LogP contribution in [0, 0.1) is 11.8 Å². The van der Waals surface area contributed by atoms with Crippen molar-refractivity contribution in [2.75, 3.05) is 0 Å². The van der Waals surface area contributed by atoms with Crippen molar-refractivity contribution < 1.29 is 14.3 Å². The molecule has 4 rings (SSSR count). The maximum absolute atomic E-state index is 11.0. The van der Waals surface area contributed by atoms with Crippen LogP contribution in [-0.4, -0.2) is 21.3 Å². The van der Waals surface area contributed by atoms with Crippen LogP contribution >= 0.6 is 0 Å². The first-order valence-corrected chi connectivity index (χ1v) is 8.99. The predicted octanol–water partition coefficient (Wildman–Crippen LogP) is 4.70. The van der Waals surface area contributed by atoms with Crippen LogP contribution in [0.25, 0.3) is 22.9 Å². The van der Waals surface area contributed by atoms with E-state index in [9.17, 15) is 4.79 Å². The van der Waals surface area contributed by atoms with Gasteiger partial charge in [-0.2, -0.15) is 0 Å². The smallest absolute Gasteiger partial charge is 0.335 e. The van der Waals surface area contributed by atoms with Gasteiger partial charge in [0.1, 0.15) is 0 Å². The summed E-state index contributed by atoms with van der Waals surface area (Å²) in [6, 6.07) is 24.0. The molecule has 1 aromatic heterocycles. The number of aromatic nitrogens is 2. The zero-order valence-electron chi connectivity index (χ0n) is 15.4. The molecule has 0 aliphatic carbocycles. The number of carboxylic acid groups (broad SMARTS) is 1. The lowest BCUT2D eigenvalue weighted by atomic mass is 10.1. The molecule has 5 nitrogen and oxygen atoms in total. The molecule has 1 heterocycles. The summed E-state index contributed by atoms with van der Waals surface area (Å²) in [5.74, 6) is 6.08. The first-order valence-electron chi connectivity index (χ1n) is 8.99. The third-order valence-electron chi connectivity index (χ3n) is 4.28. The normalized spacial score (nSPS) is 10.2. The van der Waals surface area contributed by atoms with Crippen LogP contribution in [0.1, 0.15) is 21.5 Å². The van der Waals surface area contributed by atoms with Gasteiger partial charge in [-0.3, -0.25) is 0 Å². The minimum absolute atomic E-state index is 0.204. The number of hydrogen-bond donors (Lipinski definition) is 1. The summed E-state index contributed by atoms with van der Waals surface area (Å²) in [7, 11) is 0. The standard InChI is InChI=1S/C24H16N2O3/c27-24(28)20-14-12-19(13-15-20)22-25-26-23(29-22)21-11-5-10-18(16-21)9-4-8-17-6-2-1-3-7-17/h1-3,5-7,10-16H,8H2,(H,27,28). The van der Waals surface area contributed by atoms with Gasteiger partial charge in [0.2, 0.25) is 11.8 Å². The average Bonchev–Trinajstić information content (AvgIpc) is 3.25. The highest BCUT2D eigenvalue weighted by Crippen LogP contribution is 2.24. The van der Waals surface area contributed by atoms with Crippen LogP contribution in [0.2, 0.25) is 0 Å². The van der Waals surface area contributed by atoms with Crippen molar-refractivity contribution in [1.82, 2.24) is 10.2 Å². The minimum atomic E-state index is -0.979. The molecule has 0 unspecified atom stereocenters. The summed E-state index contributed by atoms with van der Waals surface area (Å²) >= 11 is 0. The van der Waals surface area contributed by atoms with Crippen LogP contribution in [-0.2, 0) is 6.42 Å². The third-order valence-corrected chi connectivity index (χ3v) is 4.28. The second kappa shape index (κ2) is 8.24. The predicted molar refractivity (Wildman–Crippen MR) is 109 cm³/mol. The van der Waals surface area contributed by atoms with E-state index in [2.05, 4.69) is 22.0 Å². The van der Waals surface area contributed by atoms with Crippen LogP contribution in [0.5, 0.6) is 0 Å². The molecule has 1 N–H and O–H groups in total. The van der Waals surface area contributed by atoms with Crippen molar-refractivity contribution in [1.29, 1.82) is 0 Å². The molecule has 0 saturated carbocycles. The van der Waals surface area contributed by atoms with Crippen molar-refractivity contribution in [3.05, 3.63) is 95.6 Å². The summed E-state index contributed by atoms with van der Waals surface area (Å²) in [5, 5.41) is 17.2. The van der Waals surface area contributed by atoms with Gasteiger partial charge in [-0.05, 0) is 48.0 Å². The van der Waals surface area contributed by atoms with Gasteiger partial charge in [0, 0.05) is 23.1 Å². The zero-order chi connectivity index (χ0) is 20.1. The Hall–Kier alpha value is -4.17. The number of nitrogens with zero attached hydrogens (tertiary/aromatic N) is 2. The van der Waals surface area contributed by atoms with E-state index < -0.39 is 5.97 Å². The van der Waals surface area contributed by atoms with Gasteiger partial charge in [-0.25, -0.2) is 4.79 Å². The fraction of sp³-hybridized carbons (Fsp3) is 0.0417. The van der Waals surface area contributed by atoms with Crippen LogP contribution in [0.15, 0.2) is 83.3 Å². The Morgan fingerprint density at radius 2 is 1.59 bits per heavy atom. The van der Waals surface area contributed by atoms with Crippen molar-refractivity contribution in [3.8, 4) is 34.7 Å². The first kappa shape index (κ1) is 18.2. The van der Waals surface area contributed by atoms with Crippen molar-refractivity contribution >= 4 is 5.97 Å². The number of carbonyl (C=O) groups is 1. The van der Waals surface area contributed by atoms with Gasteiger partial charge in [0.15, 0.2) is 0 Å². The second-order valence-corrected chi connectivity index (χ2v) is 6.34. The molecule has 0 spiro atoms. The number of carboxylic acids is 1.